The van der Waals surface area contributed by atoms with E-state index >= 15 is 0 Å². The zero-order chi connectivity index (χ0) is 10.1. The van der Waals surface area contributed by atoms with E-state index in [1.807, 2.05) is 0 Å². The summed E-state index contributed by atoms with van der Waals surface area (Å²) in [5.41, 5.74) is 0.951. The molecule has 1 saturated heterocycles. The summed E-state index contributed by atoms with van der Waals surface area (Å²) in [5.74, 6) is 0. The normalized spacial score (nSPS) is 20.1. The van der Waals surface area contributed by atoms with Crippen molar-refractivity contribution in [2.24, 2.45) is 10.8 Å². The number of hydrogen-bond acceptors (Lipinski definition) is 1. The standard InChI is InChI=1S/C12H25N/c1-11(2,3)9-12(4,5)10-13-7-6-8-13/h6-10H2,1-5H3. The van der Waals surface area contributed by atoms with Crippen molar-refractivity contribution in [3.05, 3.63) is 0 Å². The second kappa shape index (κ2) is 3.61. The van der Waals surface area contributed by atoms with Gasteiger partial charge in [-0.1, -0.05) is 34.6 Å². The van der Waals surface area contributed by atoms with Crippen molar-refractivity contribution in [2.75, 3.05) is 19.6 Å². The first kappa shape index (κ1) is 11.0. The molecule has 1 heteroatoms. The third-order valence-corrected chi connectivity index (χ3v) is 2.61. The second-order valence-corrected chi connectivity index (χ2v) is 6.53. The molecule has 1 fully saturated rings. The molecule has 1 aliphatic rings. The second-order valence-electron chi connectivity index (χ2n) is 6.53. The fourth-order valence-corrected chi connectivity index (χ4v) is 2.64. The maximum absolute atomic E-state index is 2.58. The summed E-state index contributed by atoms with van der Waals surface area (Å²) in [6, 6.07) is 0. The Kier molecular flexibility index (Phi) is 3.06. The van der Waals surface area contributed by atoms with Crippen LogP contribution >= 0.6 is 0 Å². The molecule has 0 amide bonds. The molecule has 1 nitrogen and oxygen atoms in total. The topological polar surface area (TPSA) is 3.24 Å². The van der Waals surface area contributed by atoms with Crippen LogP contribution in [-0.4, -0.2) is 24.5 Å². The van der Waals surface area contributed by atoms with Gasteiger partial charge in [-0.05, 0) is 36.8 Å². The van der Waals surface area contributed by atoms with Gasteiger partial charge in [-0.2, -0.15) is 0 Å². The molecule has 0 radical (unpaired) electrons. The van der Waals surface area contributed by atoms with Gasteiger partial charge in [0.25, 0.3) is 0 Å². The molecule has 0 spiro atoms. The zero-order valence-electron chi connectivity index (χ0n) is 9.98. The predicted molar refractivity (Wildman–Crippen MR) is 58.9 cm³/mol. The van der Waals surface area contributed by atoms with Crippen LogP contribution in [0, 0.1) is 10.8 Å². The monoisotopic (exact) mass is 183 g/mol. The minimum atomic E-state index is 0.467. The molecule has 1 aliphatic heterocycles. The van der Waals surface area contributed by atoms with Gasteiger partial charge in [0.2, 0.25) is 0 Å². The summed E-state index contributed by atoms with van der Waals surface area (Å²) in [6.07, 6.45) is 2.72. The Labute approximate surface area is 83.5 Å². The van der Waals surface area contributed by atoms with E-state index in [0.29, 0.717) is 10.8 Å². The average Bonchev–Trinajstić information content (AvgIpc) is 1.73. The minimum absolute atomic E-state index is 0.467. The van der Waals surface area contributed by atoms with Crippen LogP contribution in [0.25, 0.3) is 0 Å². The van der Waals surface area contributed by atoms with Crippen LogP contribution in [0.1, 0.15) is 47.5 Å². The molecule has 78 valence electrons. The first-order valence-corrected chi connectivity index (χ1v) is 5.51. The third-order valence-electron chi connectivity index (χ3n) is 2.61. The molecule has 13 heavy (non-hydrogen) atoms. The van der Waals surface area contributed by atoms with E-state index in [9.17, 15) is 0 Å². The highest BCUT2D eigenvalue weighted by atomic mass is 15.2. The maximum Gasteiger partial charge on any atom is 0.00329 e. The smallest absolute Gasteiger partial charge is 0.00329 e. The van der Waals surface area contributed by atoms with E-state index < -0.39 is 0 Å². The van der Waals surface area contributed by atoms with Crippen LogP contribution in [0.3, 0.4) is 0 Å². The molecule has 1 heterocycles. The van der Waals surface area contributed by atoms with E-state index in [-0.39, 0.29) is 0 Å². The number of hydrogen-bond donors (Lipinski definition) is 0. The van der Waals surface area contributed by atoms with E-state index in [1.165, 1.54) is 32.5 Å². The van der Waals surface area contributed by atoms with Crippen molar-refractivity contribution < 1.29 is 0 Å². The average molecular weight is 183 g/mol. The lowest BCUT2D eigenvalue weighted by molar-refractivity contribution is 0.0875. The predicted octanol–water partition coefficient (Wildman–Crippen LogP) is 3.15. The molecule has 0 aromatic heterocycles. The quantitative estimate of drug-likeness (QED) is 0.649. The van der Waals surface area contributed by atoms with Gasteiger partial charge in [-0.15, -0.1) is 0 Å². The van der Waals surface area contributed by atoms with Gasteiger partial charge >= 0.3 is 0 Å². The van der Waals surface area contributed by atoms with Crippen molar-refractivity contribution >= 4 is 0 Å². The number of nitrogens with zero attached hydrogens (tertiary/aromatic N) is 1. The van der Waals surface area contributed by atoms with E-state index in [4.69, 9.17) is 0 Å². The van der Waals surface area contributed by atoms with Gasteiger partial charge in [0.15, 0.2) is 0 Å². The van der Waals surface area contributed by atoms with Gasteiger partial charge in [-0.3, -0.25) is 0 Å². The largest absolute Gasteiger partial charge is 0.303 e. The molecular formula is C12H25N. The van der Waals surface area contributed by atoms with Crippen LogP contribution in [0.5, 0.6) is 0 Å². The molecule has 0 saturated carbocycles. The summed E-state index contributed by atoms with van der Waals surface area (Å²) in [5, 5.41) is 0. The lowest BCUT2D eigenvalue weighted by Gasteiger charge is -2.40. The van der Waals surface area contributed by atoms with E-state index in [2.05, 4.69) is 39.5 Å². The molecule has 0 bridgehead atoms. The molecule has 0 aliphatic carbocycles. The SMILES string of the molecule is CC(C)(C)CC(C)(C)CN1CCC1. The Bertz CT molecular complexity index is 160. The molecule has 1 rings (SSSR count). The molecule has 0 atom stereocenters. The highest BCUT2D eigenvalue weighted by molar-refractivity contribution is 4.82. The Morgan fingerprint density at radius 3 is 1.85 bits per heavy atom. The highest BCUT2D eigenvalue weighted by Gasteiger charge is 2.29. The van der Waals surface area contributed by atoms with Crippen LogP contribution in [0.15, 0.2) is 0 Å². The highest BCUT2D eigenvalue weighted by Crippen LogP contribution is 2.34. The van der Waals surface area contributed by atoms with E-state index in [1.54, 1.807) is 0 Å². The molecule has 0 N–H and O–H groups in total. The molecule has 0 unspecified atom stereocenters. The maximum atomic E-state index is 2.58. The van der Waals surface area contributed by atoms with Crippen LogP contribution in [0.2, 0.25) is 0 Å². The van der Waals surface area contributed by atoms with Crippen molar-refractivity contribution in [1.29, 1.82) is 0 Å². The fraction of sp³-hybridized carbons (Fsp3) is 1.00. The summed E-state index contributed by atoms with van der Waals surface area (Å²) in [4.78, 5) is 2.58. The van der Waals surface area contributed by atoms with Gasteiger partial charge in [-0.25, -0.2) is 0 Å². The van der Waals surface area contributed by atoms with Crippen LogP contribution in [0.4, 0.5) is 0 Å². The zero-order valence-corrected chi connectivity index (χ0v) is 9.98. The summed E-state index contributed by atoms with van der Waals surface area (Å²) >= 11 is 0. The van der Waals surface area contributed by atoms with Gasteiger partial charge in [0.05, 0.1) is 0 Å². The Morgan fingerprint density at radius 2 is 1.54 bits per heavy atom. The molecule has 0 aromatic rings. The van der Waals surface area contributed by atoms with Crippen molar-refractivity contribution in [1.82, 2.24) is 4.90 Å². The summed E-state index contributed by atoms with van der Waals surface area (Å²) in [6.45, 7) is 15.7. The van der Waals surface area contributed by atoms with Gasteiger partial charge in [0, 0.05) is 6.54 Å². The fourth-order valence-electron chi connectivity index (χ4n) is 2.64. The first-order chi connectivity index (χ1) is 5.79. The Hall–Kier alpha value is -0.0400. The van der Waals surface area contributed by atoms with Crippen molar-refractivity contribution in [2.45, 2.75) is 47.5 Å². The first-order valence-electron chi connectivity index (χ1n) is 5.51. The third kappa shape index (κ3) is 4.12. The van der Waals surface area contributed by atoms with Gasteiger partial charge < -0.3 is 4.90 Å². The molecule has 0 aromatic carbocycles. The van der Waals surface area contributed by atoms with Crippen molar-refractivity contribution in [3.63, 3.8) is 0 Å². The lowest BCUT2D eigenvalue weighted by Crippen LogP contribution is -2.44. The van der Waals surface area contributed by atoms with Crippen LogP contribution in [-0.2, 0) is 0 Å². The van der Waals surface area contributed by atoms with Crippen molar-refractivity contribution in [3.8, 4) is 0 Å². The van der Waals surface area contributed by atoms with Gasteiger partial charge in [0.1, 0.15) is 0 Å². The lowest BCUT2D eigenvalue weighted by atomic mass is 9.75. The number of rotatable bonds is 3. The van der Waals surface area contributed by atoms with E-state index in [0.717, 1.165) is 0 Å². The number of likely N-dealkylation sites (tertiary alicyclic amines) is 1. The van der Waals surface area contributed by atoms with Crippen LogP contribution < -0.4 is 0 Å². The Balaban J connectivity index is 2.35. The Morgan fingerprint density at radius 1 is 1.00 bits per heavy atom. The summed E-state index contributed by atoms with van der Waals surface area (Å²) in [7, 11) is 0. The minimum Gasteiger partial charge on any atom is -0.303 e. The summed E-state index contributed by atoms with van der Waals surface area (Å²) < 4.78 is 0. The molecular weight excluding hydrogens is 158 g/mol.